The van der Waals surface area contributed by atoms with Crippen LogP contribution in [0, 0.1) is 6.92 Å². The van der Waals surface area contributed by atoms with Gasteiger partial charge in [-0.25, -0.2) is 4.98 Å². The summed E-state index contributed by atoms with van der Waals surface area (Å²) in [5.74, 6) is 0.863. The van der Waals surface area contributed by atoms with E-state index in [4.69, 9.17) is 4.74 Å². The Morgan fingerprint density at radius 2 is 2.19 bits per heavy atom. The van der Waals surface area contributed by atoms with E-state index in [1.54, 1.807) is 6.20 Å². The van der Waals surface area contributed by atoms with Crippen molar-refractivity contribution in [3.8, 4) is 0 Å². The molecule has 1 unspecified atom stereocenters. The third-order valence-electron chi connectivity index (χ3n) is 3.82. The van der Waals surface area contributed by atoms with Gasteiger partial charge in [0.15, 0.2) is 0 Å². The second kappa shape index (κ2) is 6.24. The van der Waals surface area contributed by atoms with Crippen molar-refractivity contribution < 1.29 is 4.74 Å². The van der Waals surface area contributed by atoms with Crippen molar-refractivity contribution in [1.82, 2.24) is 9.88 Å². The second-order valence-electron chi connectivity index (χ2n) is 5.54. The smallest absolute Gasteiger partial charge is 0.130 e. The zero-order chi connectivity index (χ0) is 14.7. The third-order valence-corrected chi connectivity index (χ3v) is 3.82. The number of pyridine rings is 1. The Morgan fingerprint density at radius 3 is 2.90 bits per heavy atom. The lowest BCUT2D eigenvalue weighted by molar-refractivity contribution is -0.0209. The van der Waals surface area contributed by atoms with Gasteiger partial charge in [0.2, 0.25) is 0 Å². The first-order chi connectivity index (χ1) is 10.2. The van der Waals surface area contributed by atoms with E-state index in [1.807, 2.05) is 18.2 Å². The third kappa shape index (κ3) is 3.40. The predicted molar refractivity (Wildman–Crippen MR) is 84.9 cm³/mol. The Balaban J connectivity index is 1.76. The number of nitrogens with one attached hydrogen (secondary N) is 1. The van der Waals surface area contributed by atoms with Gasteiger partial charge in [-0.3, -0.25) is 0 Å². The van der Waals surface area contributed by atoms with Crippen molar-refractivity contribution in [2.75, 3.05) is 32.1 Å². The van der Waals surface area contributed by atoms with Crippen molar-refractivity contribution in [3.05, 3.63) is 53.7 Å². The molecule has 2 heterocycles. The van der Waals surface area contributed by atoms with E-state index < -0.39 is 0 Å². The Labute approximate surface area is 125 Å². The average molecular weight is 283 g/mol. The maximum Gasteiger partial charge on any atom is 0.130 e. The van der Waals surface area contributed by atoms with Crippen LogP contribution in [-0.2, 0) is 4.74 Å². The summed E-state index contributed by atoms with van der Waals surface area (Å²) in [5.41, 5.74) is 3.53. The number of benzene rings is 1. The van der Waals surface area contributed by atoms with Crippen molar-refractivity contribution in [2.24, 2.45) is 0 Å². The summed E-state index contributed by atoms with van der Waals surface area (Å²) >= 11 is 0. The highest BCUT2D eigenvalue weighted by atomic mass is 16.5. The van der Waals surface area contributed by atoms with E-state index >= 15 is 0 Å². The van der Waals surface area contributed by atoms with Gasteiger partial charge < -0.3 is 15.0 Å². The summed E-state index contributed by atoms with van der Waals surface area (Å²) in [4.78, 5) is 6.60. The minimum atomic E-state index is 0.173. The molecule has 110 valence electrons. The lowest BCUT2D eigenvalue weighted by atomic mass is 10.0. The molecule has 4 nitrogen and oxygen atoms in total. The summed E-state index contributed by atoms with van der Waals surface area (Å²) in [6, 6.07) is 12.3. The minimum Gasteiger partial charge on any atom is -0.371 e. The number of aromatic nitrogens is 1. The van der Waals surface area contributed by atoms with Gasteiger partial charge in [0.1, 0.15) is 5.82 Å². The summed E-state index contributed by atoms with van der Waals surface area (Å²) in [6.07, 6.45) is 1.96. The molecule has 1 aromatic heterocycles. The summed E-state index contributed by atoms with van der Waals surface area (Å²) in [5, 5.41) is 3.35. The summed E-state index contributed by atoms with van der Waals surface area (Å²) in [7, 11) is 2.14. The van der Waals surface area contributed by atoms with Crippen molar-refractivity contribution in [1.29, 1.82) is 0 Å². The van der Waals surface area contributed by atoms with Gasteiger partial charge in [-0.1, -0.05) is 18.2 Å². The SMILES string of the molecule is Cc1cc(C2CN(C)CCO2)ccc1Nc1ccccn1. The summed E-state index contributed by atoms with van der Waals surface area (Å²) in [6.45, 7) is 4.87. The highest BCUT2D eigenvalue weighted by Crippen LogP contribution is 2.26. The zero-order valence-corrected chi connectivity index (χ0v) is 12.5. The number of anilines is 2. The van der Waals surface area contributed by atoms with Crippen molar-refractivity contribution in [3.63, 3.8) is 0 Å². The van der Waals surface area contributed by atoms with Crippen molar-refractivity contribution >= 4 is 11.5 Å². The summed E-state index contributed by atoms with van der Waals surface area (Å²) < 4.78 is 5.87. The quantitative estimate of drug-likeness (QED) is 0.939. The first-order valence-electron chi connectivity index (χ1n) is 7.31. The number of nitrogens with zero attached hydrogens (tertiary/aromatic N) is 2. The first-order valence-corrected chi connectivity index (χ1v) is 7.31. The lowest BCUT2D eigenvalue weighted by Crippen LogP contribution is -2.35. The van der Waals surface area contributed by atoms with E-state index in [-0.39, 0.29) is 6.10 Å². The molecular weight excluding hydrogens is 262 g/mol. The van der Waals surface area contributed by atoms with Crippen LogP contribution in [0.4, 0.5) is 11.5 Å². The number of hydrogen-bond donors (Lipinski definition) is 1. The fourth-order valence-electron chi connectivity index (χ4n) is 2.58. The normalized spacial score (nSPS) is 19.4. The first kappa shape index (κ1) is 14.0. The van der Waals surface area contributed by atoms with Gasteiger partial charge in [0.05, 0.1) is 12.7 Å². The van der Waals surface area contributed by atoms with Crippen LogP contribution in [0.5, 0.6) is 0 Å². The molecule has 2 aromatic rings. The molecule has 1 atom stereocenters. The van der Waals surface area contributed by atoms with E-state index in [0.717, 1.165) is 31.2 Å². The Hall–Kier alpha value is -1.91. The molecule has 0 amide bonds. The lowest BCUT2D eigenvalue weighted by Gasteiger charge is -2.30. The molecule has 1 aliphatic heterocycles. The molecule has 0 spiro atoms. The molecule has 1 saturated heterocycles. The average Bonchev–Trinajstić information content (AvgIpc) is 2.50. The standard InChI is InChI=1S/C17H21N3O/c1-13-11-14(16-12-20(2)9-10-21-16)6-7-15(13)19-17-5-3-4-8-18-17/h3-8,11,16H,9-10,12H2,1-2H3,(H,18,19). The van der Waals surface area contributed by atoms with Gasteiger partial charge in [-0.05, 0) is 43.3 Å². The van der Waals surface area contributed by atoms with Crippen molar-refractivity contribution in [2.45, 2.75) is 13.0 Å². The largest absolute Gasteiger partial charge is 0.371 e. The predicted octanol–water partition coefficient (Wildman–Crippen LogP) is 3.14. The van der Waals surface area contributed by atoms with Gasteiger partial charge in [-0.2, -0.15) is 0 Å². The molecule has 3 rings (SSSR count). The van der Waals surface area contributed by atoms with Crippen LogP contribution < -0.4 is 5.32 Å². The molecule has 0 radical (unpaired) electrons. The van der Waals surface area contributed by atoms with E-state index in [0.29, 0.717) is 0 Å². The van der Waals surface area contributed by atoms with E-state index in [2.05, 4.69) is 47.4 Å². The monoisotopic (exact) mass is 283 g/mol. The minimum absolute atomic E-state index is 0.173. The number of ether oxygens (including phenoxy) is 1. The van der Waals surface area contributed by atoms with Crippen LogP contribution in [0.2, 0.25) is 0 Å². The topological polar surface area (TPSA) is 37.4 Å². The number of rotatable bonds is 3. The van der Waals surface area contributed by atoms with Crippen LogP contribution in [-0.4, -0.2) is 36.6 Å². The molecule has 0 aliphatic carbocycles. The molecule has 1 N–H and O–H groups in total. The number of morpholine rings is 1. The van der Waals surface area contributed by atoms with Gasteiger partial charge in [0.25, 0.3) is 0 Å². The maximum atomic E-state index is 5.87. The molecule has 1 fully saturated rings. The number of hydrogen-bond acceptors (Lipinski definition) is 4. The molecule has 1 aliphatic rings. The Kier molecular flexibility index (Phi) is 4.18. The molecule has 4 heteroatoms. The molecule has 0 bridgehead atoms. The second-order valence-corrected chi connectivity index (χ2v) is 5.54. The molecule has 1 aromatic carbocycles. The number of likely N-dealkylation sites (N-methyl/N-ethyl adjacent to an activating group) is 1. The highest BCUT2D eigenvalue weighted by Gasteiger charge is 2.19. The zero-order valence-electron chi connectivity index (χ0n) is 12.5. The van der Waals surface area contributed by atoms with Crippen LogP contribution >= 0.6 is 0 Å². The Bertz CT molecular complexity index is 600. The van der Waals surface area contributed by atoms with Gasteiger partial charge in [0, 0.05) is 25.0 Å². The van der Waals surface area contributed by atoms with Crippen LogP contribution in [0.15, 0.2) is 42.6 Å². The molecular formula is C17H21N3O. The van der Waals surface area contributed by atoms with Crippen LogP contribution in [0.1, 0.15) is 17.2 Å². The van der Waals surface area contributed by atoms with Gasteiger partial charge >= 0.3 is 0 Å². The highest BCUT2D eigenvalue weighted by molar-refractivity contribution is 5.60. The fraction of sp³-hybridized carbons (Fsp3) is 0.353. The Morgan fingerprint density at radius 1 is 1.29 bits per heavy atom. The van der Waals surface area contributed by atoms with E-state index in [1.165, 1.54) is 11.1 Å². The number of aryl methyl sites for hydroxylation is 1. The van der Waals surface area contributed by atoms with E-state index in [9.17, 15) is 0 Å². The molecule has 0 saturated carbocycles. The van der Waals surface area contributed by atoms with Crippen LogP contribution in [0.3, 0.4) is 0 Å². The van der Waals surface area contributed by atoms with Crippen LogP contribution in [0.25, 0.3) is 0 Å². The molecule has 21 heavy (non-hydrogen) atoms. The van der Waals surface area contributed by atoms with Gasteiger partial charge in [-0.15, -0.1) is 0 Å². The fourth-order valence-corrected chi connectivity index (χ4v) is 2.58. The maximum absolute atomic E-state index is 5.87.